The van der Waals surface area contributed by atoms with Crippen LogP contribution >= 0.6 is 11.8 Å². The number of nitrogens with two attached hydrogens (primary N) is 1. The Bertz CT molecular complexity index is 460. The lowest BCUT2D eigenvalue weighted by Gasteiger charge is -2.35. The van der Waals surface area contributed by atoms with E-state index in [1.807, 2.05) is 11.8 Å². The molecule has 2 rings (SSSR count). The maximum Gasteiger partial charge on any atom is 0.251 e. The zero-order valence-corrected chi connectivity index (χ0v) is 12.6. The summed E-state index contributed by atoms with van der Waals surface area (Å²) in [6.45, 7) is 0.723. The van der Waals surface area contributed by atoms with Crippen LogP contribution in [0.15, 0.2) is 18.3 Å². The molecule has 110 valence electrons. The zero-order chi connectivity index (χ0) is 14.4. The van der Waals surface area contributed by atoms with E-state index in [9.17, 15) is 4.79 Å². The van der Waals surface area contributed by atoms with E-state index in [0.29, 0.717) is 11.4 Å². The second-order valence-corrected chi connectivity index (χ2v) is 6.48. The van der Waals surface area contributed by atoms with Gasteiger partial charge in [0.15, 0.2) is 0 Å². The lowest BCUT2D eigenvalue weighted by atomic mass is 9.88. The lowest BCUT2D eigenvalue weighted by molar-refractivity contribution is 0.0947. The molecular formula is C14H22N4OS. The Hall–Kier alpha value is -1.27. The predicted octanol–water partition coefficient (Wildman–Crippen LogP) is 2.16. The molecule has 0 unspecified atom stereocenters. The number of carbonyl (C=O) groups excluding carboxylic acids is 1. The molecule has 1 saturated carbocycles. The lowest BCUT2D eigenvalue weighted by Crippen LogP contribution is -2.41. The van der Waals surface area contributed by atoms with Crippen molar-refractivity contribution in [1.82, 2.24) is 10.3 Å². The number of hydrogen-bond donors (Lipinski definition) is 3. The molecule has 0 saturated heterocycles. The van der Waals surface area contributed by atoms with Gasteiger partial charge in [0.2, 0.25) is 0 Å². The van der Waals surface area contributed by atoms with E-state index in [4.69, 9.17) is 5.84 Å². The number of rotatable bonds is 5. The number of carbonyl (C=O) groups is 1. The highest BCUT2D eigenvalue weighted by molar-refractivity contribution is 8.00. The van der Waals surface area contributed by atoms with Crippen molar-refractivity contribution in [2.75, 3.05) is 18.2 Å². The summed E-state index contributed by atoms with van der Waals surface area (Å²) < 4.78 is 0.204. The fraction of sp³-hybridized carbons (Fsp3) is 0.571. The van der Waals surface area contributed by atoms with Crippen LogP contribution in [0.1, 0.15) is 42.5 Å². The maximum atomic E-state index is 12.2. The summed E-state index contributed by atoms with van der Waals surface area (Å²) in [5.41, 5.74) is 3.03. The summed E-state index contributed by atoms with van der Waals surface area (Å²) in [4.78, 5) is 16.2. The second-order valence-electron chi connectivity index (χ2n) is 5.20. The highest BCUT2D eigenvalue weighted by Crippen LogP contribution is 2.37. The molecule has 0 spiro atoms. The third-order valence-corrected chi connectivity index (χ3v) is 5.36. The van der Waals surface area contributed by atoms with E-state index in [-0.39, 0.29) is 10.7 Å². The van der Waals surface area contributed by atoms with Crippen LogP contribution in [0.4, 0.5) is 5.82 Å². The Kier molecular flexibility index (Phi) is 5.25. The summed E-state index contributed by atoms with van der Waals surface area (Å²) in [6, 6.07) is 3.35. The SMILES string of the molecule is CSC1(CNC(=O)c2ccnc(NN)c2)CCCCC1. The molecular weight excluding hydrogens is 272 g/mol. The molecule has 1 fully saturated rings. The minimum atomic E-state index is -0.0668. The van der Waals surface area contributed by atoms with Crippen molar-refractivity contribution in [3.05, 3.63) is 23.9 Å². The molecule has 20 heavy (non-hydrogen) atoms. The molecule has 0 atom stereocenters. The fourth-order valence-electron chi connectivity index (χ4n) is 2.64. The van der Waals surface area contributed by atoms with Crippen LogP contribution in [0.25, 0.3) is 0 Å². The van der Waals surface area contributed by atoms with Gasteiger partial charge in [0.1, 0.15) is 5.82 Å². The standard InChI is InChI=1S/C14H22N4OS/c1-20-14(6-3-2-4-7-14)10-17-13(19)11-5-8-16-12(9-11)18-15/h5,8-9H,2-4,6-7,10,15H2,1H3,(H,16,18)(H,17,19). The van der Waals surface area contributed by atoms with Crippen molar-refractivity contribution in [1.29, 1.82) is 0 Å². The molecule has 5 nitrogen and oxygen atoms in total. The largest absolute Gasteiger partial charge is 0.351 e. The van der Waals surface area contributed by atoms with Crippen LogP contribution in [0.2, 0.25) is 0 Å². The van der Waals surface area contributed by atoms with Gasteiger partial charge in [-0.1, -0.05) is 19.3 Å². The minimum Gasteiger partial charge on any atom is -0.351 e. The molecule has 1 aliphatic rings. The van der Waals surface area contributed by atoms with Crippen LogP contribution in [0.5, 0.6) is 0 Å². The van der Waals surface area contributed by atoms with Crippen molar-refractivity contribution in [2.45, 2.75) is 36.9 Å². The molecule has 1 heterocycles. The number of pyridine rings is 1. The van der Waals surface area contributed by atoms with E-state index in [0.717, 1.165) is 6.54 Å². The number of anilines is 1. The molecule has 0 radical (unpaired) electrons. The third-order valence-electron chi connectivity index (χ3n) is 3.94. The smallest absolute Gasteiger partial charge is 0.251 e. The molecule has 6 heteroatoms. The van der Waals surface area contributed by atoms with Gasteiger partial charge < -0.3 is 10.7 Å². The van der Waals surface area contributed by atoms with Crippen molar-refractivity contribution in [3.63, 3.8) is 0 Å². The first-order valence-corrected chi connectivity index (χ1v) is 8.18. The summed E-state index contributed by atoms with van der Waals surface area (Å²) in [7, 11) is 0. The molecule has 1 aliphatic carbocycles. The van der Waals surface area contributed by atoms with Gasteiger partial charge in [-0.15, -0.1) is 0 Å². The van der Waals surface area contributed by atoms with Gasteiger partial charge >= 0.3 is 0 Å². The van der Waals surface area contributed by atoms with Crippen LogP contribution in [0, 0.1) is 0 Å². The second kappa shape index (κ2) is 6.95. The van der Waals surface area contributed by atoms with Crippen LogP contribution in [-0.4, -0.2) is 28.4 Å². The zero-order valence-electron chi connectivity index (χ0n) is 11.8. The number of amides is 1. The highest BCUT2D eigenvalue weighted by atomic mass is 32.2. The molecule has 1 amide bonds. The van der Waals surface area contributed by atoms with E-state index in [1.54, 1.807) is 18.3 Å². The average molecular weight is 294 g/mol. The molecule has 0 bridgehead atoms. The Morgan fingerprint density at radius 2 is 2.20 bits per heavy atom. The van der Waals surface area contributed by atoms with Gasteiger partial charge in [-0.25, -0.2) is 10.8 Å². The fourth-order valence-corrected chi connectivity index (χ4v) is 3.56. The van der Waals surface area contributed by atoms with Crippen molar-refractivity contribution >= 4 is 23.5 Å². The molecule has 4 N–H and O–H groups in total. The van der Waals surface area contributed by atoms with Crippen LogP contribution < -0.4 is 16.6 Å². The number of hydrogen-bond acceptors (Lipinski definition) is 5. The molecule has 0 aromatic carbocycles. The first kappa shape index (κ1) is 15.1. The normalized spacial score (nSPS) is 17.5. The highest BCUT2D eigenvalue weighted by Gasteiger charge is 2.31. The third kappa shape index (κ3) is 3.64. The van der Waals surface area contributed by atoms with E-state index >= 15 is 0 Å². The number of nitrogen functional groups attached to an aromatic ring is 1. The van der Waals surface area contributed by atoms with Gasteiger partial charge in [0, 0.05) is 23.1 Å². The summed E-state index contributed by atoms with van der Waals surface area (Å²) in [5.74, 6) is 5.73. The Balaban J connectivity index is 1.96. The summed E-state index contributed by atoms with van der Waals surface area (Å²) in [6.07, 6.45) is 9.91. The van der Waals surface area contributed by atoms with Gasteiger partial charge in [-0.05, 0) is 31.2 Å². The number of nitrogens with one attached hydrogen (secondary N) is 2. The first-order valence-electron chi connectivity index (χ1n) is 6.95. The minimum absolute atomic E-state index is 0.0668. The number of hydrazine groups is 1. The Morgan fingerprint density at radius 1 is 1.45 bits per heavy atom. The average Bonchev–Trinajstić information content (AvgIpc) is 2.53. The number of thioether (sulfide) groups is 1. The Morgan fingerprint density at radius 3 is 2.85 bits per heavy atom. The van der Waals surface area contributed by atoms with Crippen LogP contribution in [0.3, 0.4) is 0 Å². The predicted molar refractivity (Wildman–Crippen MR) is 83.7 cm³/mol. The molecule has 0 aliphatic heterocycles. The monoisotopic (exact) mass is 294 g/mol. The first-order chi connectivity index (χ1) is 9.69. The maximum absolute atomic E-state index is 12.2. The van der Waals surface area contributed by atoms with Crippen molar-refractivity contribution in [3.8, 4) is 0 Å². The topological polar surface area (TPSA) is 80.0 Å². The van der Waals surface area contributed by atoms with Gasteiger partial charge in [-0.3, -0.25) is 4.79 Å². The van der Waals surface area contributed by atoms with E-state index in [1.165, 1.54) is 32.1 Å². The quantitative estimate of drug-likeness (QED) is 0.573. The van der Waals surface area contributed by atoms with E-state index < -0.39 is 0 Å². The van der Waals surface area contributed by atoms with E-state index in [2.05, 4.69) is 22.0 Å². The number of nitrogens with zero attached hydrogens (tertiary/aromatic N) is 1. The Labute approximate surface area is 124 Å². The van der Waals surface area contributed by atoms with Gasteiger partial charge in [-0.2, -0.15) is 11.8 Å². The van der Waals surface area contributed by atoms with Gasteiger partial charge in [0.05, 0.1) is 0 Å². The molecule has 1 aromatic heterocycles. The number of aromatic nitrogens is 1. The summed E-state index contributed by atoms with van der Waals surface area (Å²) >= 11 is 1.88. The van der Waals surface area contributed by atoms with Crippen molar-refractivity contribution in [2.24, 2.45) is 5.84 Å². The molecule has 1 aromatic rings. The van der Waals surface area contributed by atoms with Crippen molar-refractivity contribution < 1.29 is 4.79 Å². The van der Waals surface area contributed by atoms with Gasteiger partial charge in [0.25, 0.3) is 5.91 Å². The summed E-state index contributed by atoms with van der Waals surface area (Å²) in [5, 5.41) is 3.06. The van der Waals surface area contributed by atoms with Crippen LogP contribution in [-0.2, 0) is 0 Å².